The maximum atomic E-state index is 13.7. The van der Waals surface area contributed by atoms with Crippen LogP contribution in [0.15, 0.2) is 54.6 Å². The summed E-state index contributed by atoms with van der Waals surface area (Å²) in [6.07, 6.45) is -0.746. The first-order valence-corrected chi connectivity index (χ1v) is 10.9. The number of amides is 1. The van der Waals surface area contributed by atoms with Crippen molar-refractivity contribution in [1.29, 1.82) is 0 Å². The molecular formula is C26H25F3N2O2. The maximum absolute atomic E-state index is 13.7. The number of aryl methyl sites for hydroxylation is 1. The molecule has 7 heteroatoms. The highest BCUT2D eigenvalue weighted by atomic mass is 19.4. The summed E-state index contributed by atoms with van der Waals surface area (Å²) in [6, 6.07) is 13.9. The third-order valence-electron chi connectivity index (χ3n) is 6.02. The Bertz CT molecular complexity index is 1340. The fourth-order valence-electron chi connectivity index (χ4n) is 4.50. The molecule has 0 spiro atoms. The van der Waals surface area contributed by atoms with Gasteiger partial charge in [0.05, 0.1) is 22.0 Å². The average molecular weight is 454 g/mol. The first-order chi connectivity index (χ1) is 15.7. The minimum absolute atomic E-state index is 0.0134. The van der Waals surface area contributed by atoms with E-state index in [2.05, 4.69) is 6.92 Å². The lowest BCUT2D eigenvalue weighted by Gasteiger charge is -2.15. The minimum atomic E-state index is -4.50. The number of rotatable bonds is 7. The van der Waals surface area contributed by atoms with Gasteiger partial charge in [0.15, 0.2) is 0 Å². The molecule has 3 aromatic carbocycles. The lowest BCUT2D eigenvalue weighted by atomic mass is 10.0. The van der Waals surface area contributed by atoms with Crippen LogP contribution in [0.5, 0.6) is 5.75 Å². The van der Waals surface area contributed by atoms with Gasteiger partial charge in [-0.1, -0.05) is 44.0 Å². The summed E-state index contributed by atoms with van der Waals surface area (Å²) in [4.78, 5) is 12.1. The Balaban J connectivity index is 2.00. The van der Waals surface area contributed by atoms with E-state index < -0.39 is 17.6 Å². The molecule has 0 aliphatic rings. The second-order valence-electron chi connectivity index (χ2n) is 8.27. The van der Waals surface area contributed by atoms with Crippen molar-refractivity contribution in [3.63, 3.8) is 0 Å². The molecule has 0 saturated heterocycles. The molecule has 0 atom stereocenters. The number of aromatic nitrogens is 1. The van der Waals surface area contributed by atoms with Gasteiger partial charge in [-0.2, -0.15) is 13.2 Å². The van der Waals surface area contributed by atoms with Crippen molar-refractivity contribution >= 4 is 27.7 Å². The number of phenolic OH excluding ortho intramolecular Hbond substituents is 1. The van der Waals surface area contributed by atoms with Gasteiger partial charge in [-0.3, -0.25) is 4.79 Å². The zero-order chi connectivity index (χ0) is 23.8. The molecule has 4 rings (SSSR count). The van der Waals surface area contributed by atoms with Gasteiger partial charge < -0.3 is 15.4 Å². The Morgan fingerprint density at radius 2 is 1.76 bits per heavy atom. The van der Waals surface area contributed by atoms with Crippen molar-refractivity contribution in [3.05, 3.63) is 76.9 Å². The molecule has 0 bridgehead atoms. The number of primary amides is 1. The van der Waals surface area contributed by atoms with Crippen LogP contribution in [0.1, 0.15) is 53.2 Å². The molecule has 0 unspecified atom stereocenters. The Labute approximate surface area is 189 Å². The summed E-state index contributed by atoms with van der Waals surface area (Å²) >= 11 is 0. The number of nitrogens with zero attached hydrogens (tertiary/aromatic N) is 1. The largest absolute Gasteiger partial charge is 0.507 e. The molecule has 1 amide bonds. The van der Waals surface area contributed by atoms with Crippen molar-refractivity contribution in [2.75, 3.05) is 0 Å². The molecule has 0 fully saturated rings. The normalized spacial score (nSPS) is 12.0. The Morgan fingerprint density at radius 1 is 1.00 bits per heavy atom. The topological polar surface area (TPSA) is 68.2 Å². The Hall–Kier alpha value is -3.48. The number of alkyl halides is 3. The van der Waals surface area contributed by atoms with Gasteiger partial charge in [0.2, 0.25) is 5.91 Å². The fraction of sp³-hybridized carbons (Fsp3) is 0.269. The number of benzene rings is 3. The smallest absolute Gasteiger partial charge is 0.416 e. The van der Waals surface area contributed by atoms with Crippen LogP contribution in [-0.4, -0.2) is 15.6 Å². The lowest BCUT2D eigenvalue weighted by molar-refractivity contribution is -0.138. The van der Waals surface area contributed by atoms with E-state index in [9.17, 15) is 23.1 Å². The van der Waals surface area contributed by atoms with Crippen LogP contribution in [-0.2, 0) is 19.1 Å². The fourth-order valence-corrected chi connectivity index (χ4v) is 4.50. The summed E-state index contributed by atoms with van der Waals surface area (Å²) in [5.41, 5.74) is 7.20. The Kier molecular flexibility index (Phi) is 6.06. The van der Waals surface area contributed by atoms with Crippen LogP contribution in [0.25, 0.3) is 21.8 Å². The third-order valence-corrected chi connectivity index (χ3v) is 6.02. The molecule has 4 nitrogen and oxygen atoms in total. The zero-order valence-corrected chi connectivity index (χ0v) is 18.2. The highest BCUT2D eigenvalue weighted by Crippen LogP contribution is 2.40. The molecule has 3 N–H and O–H groups in total. The van der Waals surface area contributed by atoms with E-state index in [0.717, 1.165) is 37.3 Å². The maximum Gasteiger partial charge on any atom is 0.416 e. The summed E-state index contributed by atoms with van der Waals surface area (Å²) in [7, 11) is 0. The summed E-state index contributed by atoms with van der Waals surface area (Å²) in [6.45, 7) is 2.03. The van der Waals surface area contributed by atoms with E-state index in [1.54, 1.807) is 34.9 Å². The molecular weight excluding hydrogens is 429 g/mol. The number of halogens is 3. The van der Waals surface area contributed by atoms with Crippen LogP contribution < -0.4 is 5.73 Å². The van der Waals surface area contributed by atoms with Gasteiger partial charge >= 0.3 is 6.18 Å². The van der Waals surface area contributed by atoms with E-state index in [4.69, 9.17) is 5.73 Å². The SMILES string of the molecule is CCCCCc1cc(O)c2c3c(C(N)=O)cccc3n(Cc3ccccc3C(F)(F)F)c2c1. The van der Waals surface area contributed by atoms with Crippen molar-refractivity contribution in [1.82, 2.24) is 4.57 Å². The monoisotopic (exact) mass is 454 g/mol. The van der Waals surface area contributed by atoms with Crippen LogP contribution >= 0.6 is 0 Å². The van der Waals surface area contributed by atoms with Gasteiger partial charge in [-0.15, -0.1) is 0 Å². The van der Waals surface area contributed by atoms with Gasteiger partial charge in [0, 0.05) is 17.5 Å². The predicted molar refractivity (Wildman–Crippen MR) is 123 cm³/mol. The number of hydrogen-bond donors (Lipinski definition) is 2. The van der Waals surface area contributed by atoms with Crippen molar-refractivity contribution in [2.24, 2.45) is 5.73 Å². The van der Waals surface area contributed by atoms with E-state index in [0.29, 0.717) is 21.8 Å². The standard InChI is InChI=1S/C26H25F3N2O2/c1-2-3-4-8-16-13-21-24(22(32)14-16)23-18(25(30)33)10-7-12-20(23)31(21)15-17-9-5-6-11-19(17)26(27,28)29/h5-7,9-14,32H,2-4,8,15H2,1H3,(H2,30,33). The average Bonchev–Trinajstić information content (AvgIpc) is 3.07. The van der Waals surface area contributed by atoms with Gasteiger partial charge in [0.25, 0.3) is 0 Å². The van der Waals surface area contributed by atoms with Gasteiger partial charge in [-0.25, -0.2) is 0 Å². The molecule has 4 aromatic rings. The second kappa shape index (κ2) is 8.81. The van der Waals surface area contributed by atoms with E-state index in [1.165, 1.54) is 12.1 Å². The van der Waals surface area contributed by atoms with E-state index in [1.807, 2.05) is 6.07 Å². The van der Waals surface area contributed by atoms with Crippen LogP contribution in [0, 0.1) is 0 Å². The second-order valence-corrected chi connectivity index (χ2v) is 8.27. The predicted octanol–water partition coefficient (Wildman–Crippen LogP) is 6.40. The highest BCUT2D eigenvalue weighted by molar-refractivity contribution is 6.19. The first-order valence-electron chi connectivity index (χ1n) is 10.9. The number of phenols is 1. The lowest BCUT2D eigenvalue weighted by Crippen LogP contribution is -2.12. The highest BCUT2D eigenvalue weighted by Gasteiger charge is 2.33. The summed E-state index contributed by atoms with van der Waals surface area (Å²) in [5.74, 6) is -0.678. The zero-order valence-electron chi connectivity index (χ0n) is 18.2. The first kappa shape index (κ1) is 22.7. The van der Waals surface area contributed by atoms with Crippen molar-refractivity contribution in [2.45, 2.75) is 45.3 Å². The molecule has 0 saturated carbocycles. The molecule has 0 aliphatic heterocycles. The molecule has 0 aliphatic carbocycles. The quantitative estimate of drug-likeness (QED) is 0.317. The Morgan fingerprint density at radius 3 is 2.45 bits per heavy atom. The van der Waals surface area contributed by atoms with Gasteiger partial charge in [-0.05, 0) is 54.3 Å². The van der Waals surface area contributed by atoms with Crippen LogP contribution in [0.3, 0.4) is 0 Å². The minimum Gasteiger partial charge on any atom is -0.507 e. The number of carbonyl (C=O) groups is 1. The molecule has 1 aromatic heterocycles. The molecule has 0 radical (unpaired) electrons. The van der Waals surface area contributed by atoms with Gasteiger partial charge in [0.1, 0.15) is 5.75 Å². The van der Waals surface area contributed by atoms with Crippen LogP contribution in [0.4, 0.5) is 13.2 Å². The van der Waals surface area contributed by atoms with E-state index in [-0.39, 0.29) is 23.4 Å². The number of carbonyl (C=O) groups excluding carboxylic acids is 1. The molecule has 1 heterocycles. The van der Waals surface area contributed by atoms with Crippen molar-refractivity contribution in [3.8, 4) is 5.75 Å². The molecule has 172 valence electrons. The molecule has 33 heavy (non-hydrogen) atoms. The van der Waals surface area contributed by atoms with Crippen molar-refractivity contribution < 1.29 is 23.1 Å². The summed E-state index contributed by atoms with van der Waals surface area (Å²) < 4.78 is 42.7. The van der Waals surface area contributed by atoms with E-state index >= 15 is 0 Å². The number of nitrogens with two attached hydrogens (primary N) is 1. The number of aromatic hydroxyl groups is 1. The number of hydrogen-bond acceptors (Lipinski definition) is 2. The van der Waals surface area contributed by atoms with Crippen LogP contribution in [0.2, 0.25) is 0 Å². The third kappa shape index (κ3) is 4.27. The number of fused-ring (bicyclic) bond motifs is 3. The number of unbranched alkanes of at least 4 members (excludes halogenated alkanes) is 2. The summed E-state index contributed by atoms with van der Waals surface area (Å²) in [5, 5.41) is 11.8.